The van der Waals surface area contributed by atoms with E-state index < -0.39 is 6.03 Å². The van der Waals surface area contributed by atoms with Crippen LogP contribution in [-0.2, 0) is 4.79 Å². The highest BCUT2D eigenvalue weighted by molar-refractivity contribution is 5.94. The summed E-state index contributed by atoms with van der Waals surface area (Å²) in [7, 11) is 0. The largest absolute Gasteiger partial charge is 0.393 e. The number of carbonyl (C=O) groups excluding carboxylic acids is 2. The Morgan fingerprint density at radius 3 is 2.75 bits per heavy atom. The van der Waals surface area contributed by atoms with Gasteiger partial charge >= 0.3 is 6.03 Å². The van der Waals surface area contributed by atoms with Gasteiger partial charge in [0.25, 0.3) is 0 Å². The molecular weight excluding hydrogens is 210 g/mol. The molecule has 2 aliphatic rings. The summed E-state index contributed by atoms with van der Waals surface area (Å²) >= 11 is 0. The van der Waals surface area contributed by atoms with Gasteiger partial charge < -0.3 is 10.8 Å². The lowest BCUT2D eigenvalue weighted by atomic mass is 10.00. The zero-order valence-corrected chi connectivity index (χ0v) is 9.06. The number of primary amides is 1. The highest BCUT2D eigenvalue weighted by atomic mass is 16.3. The first kappa shape index (κ1) is 11.3. The maximum Gasteiger partial charge on any atom is 0.318 e. The third-order valence-corrected chi connectivity index (χ3v) is 3.52. The Bertz CT molecular complexity index is 308. The zero-order chi connectivity index (χ0) is 11.7. The van der Waals surface area contributed by atoms with Crippen molar-refractivity contribution in [3.63, 3.8) is 0 Å². The number of nitrogens with one attached hydrogen (secondary N) is 1. The number of fused-ring (bicyclic) bond motifs is 1. The van der Waals surface area contributed by atoms with Crippen LogP contribution < -0.4 is 11.1 Å². The minimum atomic E-state index is -0.815. The first-order valence-electron chi connectivity index (χ1n) is 5.56. The summed E-state index contributed by atoms with van der Waals surface area (Å²) in [4.78, 5) is 23.7. The van der Waals surface area contributed by atoms with Crippen molar-refractivity contribution >= 4 is 11.9 Å². The van der Waals surface area contributed by atoms with Crippen LogP contribution in [0.15, 0.2) is 0 Å². The van der Waals surface area contributed by atoms with Gasteiger partial charge in [0.2, 0.25) is 5.91 Å². The van der Waals surface area contributed by atoms with E-state index in [4.69, 9.17) is 5.73 Å². The van der Waals surface area contributed by atoms with E-state index in [9.17, 15) is 14.7 Å². The second-order valence-corrected chi connectivity index (χ2v) is 4.68. The number of imide groups is 1. The fourth-order valence-corrected chi connectivity index (χ4v) is 2.84. The molecule has 6 heteroatoms. The number of likely N-dealkylation sites (tertiary alicyclic amines) is 1. The summed E-state index contributed by atoms with van der Waals surface area (Å²) in [5.41, 5.74) is 4.85. The molecular formula is C10H17N3O3. The molecule has 4 N–H and O–H groups in total. The number of nitrogens with two attached hydrogens (primary N) is 1. The summed E-state index contributed by atoms with van der Waals surface area (Å²) in [6.07, 6.45) is 1.67. The van der Waals surface area contributed by atoms with Crippen molar-refractivity contribution in [2.24, 2.45) is 17.6 Å². The summed E-state index contributed by atoms with van der Waals surface area (Å²) in [6.45, 7) is 1.74. The van der Waals surface area contributed by atoms with Crippen molar-refractivity contribution in [1.82, 2.24) is 10.2 Å². The van der Waals surface area contributed by atoms with Gasteiger partial charge in [0.1, 0.15) is 0 Å². The van der Waals surface area contributed by atoms with Gasteiger partial charge in [-0.1, -0.05) is 0 Å². The van der Waals surface area contributed by atoms with E-state index in [-0.39, 0.29) is 18.6 Å². The van der Waals surface area contributed by atoms with Crippen LogP contribution >= 0.6 is 0 Å². The molecule has 90 valence electrons. The molecule has 0 aromatic carbocycles. The Labute approximate surface area is 93.8 Å². The molecule has 2 fully saturated rings. The molecule has 1 aliphatic heterocycles. The summed E-state index contributed by atoms with van der Waals surface area (Å²) in [5, 5.41) is 11.7. The Morgan fingerprint density at radius 2 is 2.12 bits per heavy atom. The van der Waals surface area contributed by atoms with Crippen LogP contribution in [0.2, 0.25) is 0 Å². The van der Waals surface area contributed by atoms with Gasteiger partial charge in [-0.05, 0) is 18.8 Å². The summed E-state index contributed by atoms with van der Waals surface area (Å²) < 4.78 is 0. The molecule has 0 bridgehead atoms. The molecule has 3 amide bonds. The average molecular weight is 227 g/mol. The van der Waals surface area contributed by atoms with Gasteiger partial charge in [-0.25, -0.2) is 4.79 Å². The Balaban J connectivity index is 1.81. The van der Waals surface area contributed by atoms with E-state index in [1.165, 1.54) is 0 Å². The number of aliphatic hydroxyl groups is 1. The molecule has 3 atom stereocenters. The highest BCUT2D eigenvalue weighted by Gasteiger charge is 2.41. The van der Waals surface area contributed by atoms with E-state index in [1.807, 2.05) is 10.2 Å². The van der Waals surface area contributed by atoms with Crippen LogP contribution in [0.4, 0.5) is 4.79 Å². The molecule has 16 heavy (non-hydrogen) atoms. The summed E-state index contributed by atoms with van der Waals surface area (Å²) in [6, 6.07) is -0.815. The third kappa shape index (κ3) is 2.33. The van der Waals surface area contributed by atoms with Crippen molar-refractivity contribution in [1.29, 1.82) is 0 Å². The second-order valence-electron chi connectivity index (χ2n) is 4.68. The van der Waals surface area contributed by atoms with Gasteiger partial charge in [0, 0.05) is 19.0 Å². The molecule has 1 heterocycles. The van der Waals surface area contributed by atoms with Crippen molar-refractivity contribution in [3.8, 4) is 0 Å². The minimum Gasteiger partial charge on any atom is -0.393 e. The van der Waals surface area contributed by atoms with Gasteiger partial charge in [-0.3, -0.25) is 15.0 Å². The van der Waals surface area contributed by atoms with Crippen LogP contribution in [0.25, 0.3) is 0 Å². The second kappa shape index (κ2) is 4.39. The van der Waals surface area contributed by atoms with Crippen molar-refractivity contribution in [2.75, 3.05) is 19.6 Å². The average Bonchev–Trinajstić information content (AvgIpc) is 2.67. The number of carbonyl (C=O) groups is 2. The van der Waals surface area contributed by atoms with E-state index in [1.54, 1.807) is 0 Å². The predicted octanol–water partition coefficient (Wildman–Crippen LogP) is -1.12. The van der Waals surface area contributed by atoms with E-state index in [2.05, 4.69) is 0 Å². The first-order chi connectivity index (χ1) is 7.56. The minimum absolute atomic E-state index is 0.183. The van der Waals surface area contributed by atoms with Gasteiger partial charge in [0.15, 0.2) is 0 Å². The standard InChI is InChI=1S/C10H17N3O3/c11-10(16)12-9(15)5-13-3-6-1-2-8(14)7(6)4-13/h6-8,14H,1-5H2,(H3,11,12,15,16). The highest BCUT2D eigenvalue weighted by Crippen LogP contribution is 2.37. The number of nitrogens with zero attached hydrogens (tertiary/aromatic N) is 1. The first-order valence-corrected chi connectivity index (χ1v) is 5.56. The molecule has 1 saturated carbocycles. The quantitative estimate of drug-likeness (QED) is 0.557. The SMILES string of the molecule is NC(=O)NC(=O)CN1CC2CCC(O)C2C1. The lowest BCUT2D eigenvalue weighted by molar-refractivity contribution is -0.121. The monoisotopic (exact) mass is 227 g/mol. The van der Waals surface area contributed by atoms with Gasteiger partial charge in [-0.15, -0.1) is 0 Å². The number of amides is 3. The lowest BCUT2D eigenvalue weighted by Gasteiger charge is -2.16. The van der Waals surface area contributed by atoms with Crippen LogP contribution in [0.1, 0.15) is 12.8 Å². The summed E-state index contributed by atoms with van der Waals surface area (Å²) in [5.74, 6) is 0.416. The topological polar surface area (TPSA) is 95.7 Å². The molecule has 0 aromatic heterocycles. The van der Waals surface area contributed by atoms with Gasteiger partial charge in [0.05, 0.1) is 12.6 Å². The smallest absolute Gasteiger partial charge is 0.318 e. The van der Waals surface area contributed by atoms with Crippen molar-refractivity contribution in [3.05, 3.63) is 0 Å². The zero-order valence-electron chi connectivity index (χ0n) is 9.06. The Kier molecular flexibility index (Phi) is 3.11. The number of aliphatic hydroxyl groups excluding tert-OH is 1. The van der Waals surface area contributed by atoms with E-state index in [0.29, 0.717) is 11.8 Å². The number of hydrogen-bond donors (Lipinski definition) is 3. The predicted molar refractivity (Wildman–Crippen MR) is 56.4 cm³/mol. The fraction of sp³-hybridized carbons (Fsp3) is 0.800. The number of hydrogen-bond acceptors (Lipinski definition) is 4. The molecule has 6 nitrogen and oxygen atoms in total. The van der Waals surface area contributed by atoms with Crippen LogP contribution in [0.5, 0.6) is 0 Å². The molecule has 0 radical (unpaired) electrons. The molecule has 0 aromatic rings. The molecule has 2 rings (SSSR count). The third-order valence-electron chi connectivity index (χ3n) is 3.52. The van der Waals surface area contributed by atoms with Crippen molar-refractivity contribution < 1.29 is 14.7 Å². The molecule has 0 spiro atoms. The van der Waals surface area contributed by atoms with Crippen LogP contribution in [0, 0.1) is 11.8 Å². The maximum atomic E-state index is 11.3. The fourth-order valence-electron chi connectivity index (χ4n) is 2.84. The maximum absolute atomic E-state index is 11.3. The van der Waals surface area contributed by atoms with Crippen molar-refractivity contribution in [2.45, 2.75) is 18.9 Å². The normalized spacial score (nSPS) is 33.7. The number of rotatable bonds is 2. The lowest BCUT2D eigenvalue weighted by Crippen LogP contribution is -2.42. The number of urea groups is 1. The van der Waals surface area contributed by atoms with E-state index >= 15 is 0 Å². The van der Waals surface area contributed by atoms with E-state index in [0.717, 1.165) is 25.9 Å². The Morgan fingerprint density at radius 1 is 1.38 bits per heavy atom. The molecule has 1 saturated heterocycles. The Hall–Kier alpha value is -1.14. The van der Waals surface area contributed by atoms with Crippen LogP contribution in [-0.4, -0.2) is 47.7 Å². The molecule has 3 unspecified atom stereocenters. The molecule has 1 aliphatic carbocycles. The van der Waals surface area contributed by atoms with Gasteiger partial charge in [-0.2, -0.15) is 0 Å². The van der Waals surface area contributed by atoms with Crippen LogP contribution in [0.3, 0.4) is 0 Å².